The maximum Gasteiger partial charge on any atom is 0.305 e. The first-order valence-corrected chi connectivity index (χ1v) is 8.89. The highest BCUT2D eigenvalue weighted by atomic mass is 19.1. The Morgan fingerprint density at radius 2 is 1.82 bits per heavy atom. The van der Waals surface area contributed by atoms with E-state index in [2.05, 4.69) is 5.32 Å². The monoisotopic (exact) mass is 388 g/mol. The zero-order chi connectivity index (χ0) is 20.4. The number of carbonyl (C=O) groups excluding carboxylic acids is 2. The largest absolute Gasteiger partial charge is 0.466 e. The summed E-state index contributed by atoms with van der Waals surface area (Å²) in [5.41, 5.74) is 0.585. The lowest BCUT2D eigenvalue weighted by Crippen LogP contribution is -2.14. The number of non-ortho nitro benzene ring substituents is 1. The summed E-state index contributed by atoms with van der Waals surface area (Å²) < 4.78 is 18.7. The van der Waals surface area contributed by atoms with Crippen LogP contribution in [0.15, 0.2) is 48.5 Å². The molecule has 2 aromatic carbocycles. The van der Waals surface area contributed by atoms with Crippen molar-refractivity contribution in [2.75, 3.05) is 11.9 Å². The van der Waals surface area contributed by atoms with E-state index in [1.807, 2.05) is 30.3 Å². The van der Waals surface area contributed by atoms with E-state index in [1.54, 1.807) is 0 Å². The molecule has 0 spiro atoms. The van der Waals surface area contributed by atoms with Gasteiger partial charge >= 0.3 is 5.97 Å². The number of aryl methyl sites for hydroxylation is 1. The third kappa shape index (κ3) is 7.14. The molecule has 148 valence electrons. The molecular formula is C20H21FN2O5. The SMILES string of the molecule is O=C(CCCC(=O)OCCCc1ccccc1)Nc1cc([N+](=O)[O-])ccc1F. The van der Waals surface area contributed by atoms with Gasteiger partial charge in [-0.15, -0.1) is 0 Å². The average molecular weight is 388 g/mol. The van der Waals surface area contributed by atoms with Crippen LogP contribution in [-0.2, 0) is 20.7 Å². The Labute approximate surface area is 161 Å². The van der Waals surface area contributed by atoms with Crippen LogP contribution in [0.4, 0.5) is 15.8 Å². The van der Waals surface area contributed by atoms with Crippen molar-refractivity contribution < 1.29 is 23.6 Å². The van der Waals surface area contributed by atoms with Gasteiger partial charge in [-0.2, -0.15) is 0 Å². The summed E-state index contributed by atoms with van der Waals surface area (Å²) in [7, 11) is 0. The standard InChI is InChI=1S/C20H21FN2O5/c21-17-12-11-16(23(26)27)14-18(17)22-19(24)9-4-10-20(25)28-13-5-8-15-6-2-1-3-7-15/h1-3,6-7,11-12,14H,4-5,8-10,13H2,(H,22,24). The van der Waals surface area contributed by atoms with Crippen molar-refractivity contribution >= 4 is 23.3 Å². The summed E-state index contributed by atoms with van der Waals surface area (Å²) in [5, 5.41) is 13.0. The predicted molar refractivity (Wildman–Crippen MR) is 101 cm³/mol. The highest BCUT2D eigenvalue weighted by Crippen LogP contribution is 2.21. The fraction of sp³-hybridized carbons (Fsp3) is 0.300. The molecule has 0 unspecified atom stereocenters. The minimum atomic E-state index is -0.767. The third-order valence-corrected chi connectivity index (χ3v) is 3.94. The van der Waals surface area contributed by atoms with E-state index in [0.717, 1.165) is 24.6 Å². The maximum absolute atomic E-state index is 13.6. The molecule has 0 fully saturated rings. The third-order valence-electron chi connectivity index (χ3n) is 3.94. The van der Waals surface area contributed by atoms with Crippen molar-refractivity contribution in [1.29, 1.82) is 0 Å². The second-order valence-corrected chi connectivity index (χ2v) is 6.13. The van der Waals surface area contributed by atoms with Crippen LogP contribution in [0.25, 0.3) is 0 Å². The van der Waals surface area contributed by atoms with Crippen molar-refractivity contribution in [3.05, 3.63) is 70.0 Å². The van der Waals surface area contributed by atoms with E-state index in [9.17, 15) is 24.1 Å². The molecule has 8 heteroatoms. The summed E-state index contributed by atoms with van der Waals surface area (Å²) in [4.78, 5) is 33.6. The summed E-state index contributed by atoms with van der Waals surface area (Å²) in [6.07, 6.45) is 1.80. The zero-order valence-corrected chi connectivity index (χ0v) is 15.2. The van der Waals surface area contributed by atoms with Gasteiger partial charge in [0.15, 0.2) is 0 Å². The van der Waals surface area contributed by atoms with Gasteiger partial charge in [0.1, 0.15) is 5.82 Å². The number of benzene rings is 2. The summed E-state index contributed by atoms with van der Waals surface area (Å²) in [6, 6.07) is 12.7. The summed E-state index contributed by atoms with van der Waals surface area (Å²) >= 11 is 0. The molecular weight excluding hydrogens is 367 g/mol. The van der Waals surface area contributed by atoms with Gasteiger partial charge < -0.3 is 10.1 Å². The minimum absolute atomic E-state index is 0.0265. The van der Waals surface area contributed by atoms with E-state index in [4.69, 9.17) is 4.74 Å². The highest BCUT2D eigenvalue weighted by Gasteiger charge is 2.13. The van der Waals surface area contributed by atoms with Gasteiger partial charge in [0.2, 0.25) is 5.91 Å². The van der Waals surface area contributed by atoms with Crippen LogP contribution in [0, 0.1) is 15.9 Å². The molecule has 0 heterocycles. The van der Waals surface area contributed by atoms with Gasteiger partial charge in [-0.3, -0.25) is 19.7 Å². The number of anilines is 1. The van der Waals surface area contributed by atoms with Crippen LogP contribution in [0.3, 0.4) is 0 Å². The smallest absolute Gasteiger partial charge is 0.305 e. The van der Waals surface area contributed by atoms with Crippen LogP contribution in [0.5, 0.6) is 0 Å². The Balaban J connectivity index is 1.64. The number of ether oxygens (including phenoxy) is 1. The lowest BCUT2D eigenvalue weighted by Gasteiger charge is -2.07. The number of nitrogens with one attached hydrogen (secondary N) is 1. The fourth-order valence-electron chi connectivity index (χ4n) is 2.51. The first-order chi connectivity index (χ1) is 13.5. The van der Waals surface area contributed by atoms with Gasteiger partial charge in [0, 0.05) is 25.0 Å². The van der Waals surface area contributed by atoms with Crippen molar-refractivity contribution in [1.82, 2.24) is 0 Å². The molecule has 0 aromatic heterocycles. The van der Waals surface area contributed by atoms with Crippen molar-refractivity contribution in [3.63, 3.8) is 0 Å². The molecule has 7 nitrogen and oxygen atoms in total. The van der Waals surface area contributed by atoms with Crippen LogP contribution in [0.2, 0.25) is 0 Å². The lowest BCUT2D eigenvalue weighted by atomic mass is 10.1. The molecule has 0 radical (unpaired) electrons. The van der Waals surface area contributed by atoms with Crippen molar-refractivity contribution in [2.24, 2.45) is 0 Å². The lowest BCUT2D eigenvalue weighted by molar-refractivity contribution is -0.384. The topological polar surface area (TPSA) is 98.5 Å². The van der Waals surface area contributed by atoms with Crippen LogP contribution < -0.4 is 5.32 Å². The minimum Gasteiger partial charge on any atom is -0.466 e. The number of nitro groups is 1. The molecule has 2 aromatic rings. The quantitative estimate of drug-likeness (QED) is 0.287. The Morgan fingerprint density at radius 3 is 2.54 bits per heavy atom. The molecule has 0 aliphatic heterocycles. The second-order valence-electron chi connectivity index (χ2n) is 6.13. The molecule has 0 aliphatic rings. The predicted octanol–water partition coefficient (Wildman–Crippen LogP) is 4.02. The number of rotatable bonds is 10. The number of nitro benzene ring substituents is 1. The summed E-state index contributed by atoms with van der Waals surface area (Å²) in [5.74, 6) is -1.70. The van der Waals surface area contributed by atoms with Crippen LogP contribution in [-0.4, -0.2) is 23.4 Å². The highest BCUT2D eigenvalue weighted by molar-refractivity contribution is 5.91. The van der Waals surface area contributed by atoms with E-state index in [0.29, 0.717) is 13.0 Å². The number of esters is 1. The Bertz CT molecular complexity index is 827. The maximum atomic E-state index is 13.6. The molecule has 1 amide bonds. The van der Waals surface area contributed by atoms with Gasteiger partial charge in [-0.1, -0.05) is 30.3 Å². The number of nitrogens with zero attached hydrogens (tertiary/aromatic N) is 1. The molecule has 0 saturated carbocycles. The molecule has 0 saturated heterocycles. The normalized spacial score (nSPS) is 10.3. The number of amides is 1. The van der Waals surface area contributed by atoms with Crippen LogP contribution in [0.1, 0.15) is 31.2 Å². The van der Waals surface area contributed by atoms with Gasteiger partial charge in [0.25, 0.3) is 5.69 Å². The molecule has 0 atom stereocenters. The summed E-state index contributed by atoms with van der Waals surface area (Å²) in [6.45, 7) is 0.304. The molecule has 2 rings (SSSR count). The molecule has 28 heavy (non-hydrogen) atoms. The van der Waals surface area contributed by atoms with E-state index in [-0.39, 0.29) is 30.6 Å². The fourth-order valence-corrected chi connectivity index (χ4v) is 2.51. The number of carbonyl (C=O) groups is 2. The van der Waals surface area contributed by atoms with Crippen LogP contribution >= 0.6 is 0 Å². The second kappa shape index (κ2) is 10.8. The first kappa shape index (κ1) is 21.0. The van der Waals surface area contributed by atoms with Gasteiger partial charge in [0.05, 0.1) is 17.2 Å². The first-order valence-electron chi connectivity index (χ1n) is 8.89. The number of hydrogen-bond acceptors (Lipinski definition) is 5. The van der Waals surface area contributed by atoms with E-state index >= 15 is 0 Å². The molecule has 0 bridgehead atoms. The average Bonchev–Trinajstić information content (AvgIpc) is 2.67. The molecule has 1 N–H and O–H groups in total. The Kier molecular flexibility index (Phi) is 8.08. The van der Waals surface area contributed by atoms with Gasteiger partial charge in [-0.25, -0.2) is 4.39 Å². The Hall–Kier alpha value is -3.29. The van der Waals surface area contributed by atoms with Crippen molar-refractivity contribution in [2.45, 2.75) is 32.1 Å². The zero-order valence-electron chi connectivity index (χ0n) is 15.2. The van der Waals surface area contributed by atoms with E-state index < -0.39 is 22.6 Å². The molecule has 0 aliphatic carbocycles. The van der Waals surface area contributed by atoms with Crippen molar-refractivity contribution in [3.8, 4) is 0 Å². The number of hydrogen-bond donors (Lipinski definition) is 1. The Morgan fingerprint density at radius 1 is 1.07 bits per heavy atom. The van der Waals surface area contributed by atoms with Gasteiger partial charge in [-0.05, 0) is 30.9 Å². The van der Waals surface area contributed by atoms with E-state index in [1.165, 1.54) is 5.56 Å². The number of halogens is 1.